The summed E-state index contributed by atoms with van der Waals surface area (Å²) in [4.78, 5) is 4.39. The zero-order valence-corrected chi connectivity index (χ0v) is 11.3. The number of pyridine rings is 1. The van der Waals surface area contributed by atoms with E-state index in [-0.39, 0.29) is 0 Å². The van der Waals surface area contributed by atoms with Crippen LogP contribution < -0.4 is 5.32 Å². The van der Waals surface area contributed by atoms with Crippen molar-refractivity contribution in [2.75, 3.05) is 7.05 Å². The fraction of sp³-hybridized carbons (Fsp3) is 0.312. The third-order valence-corrected chi connectivity index (χ3v) is 3.42. The molecule has 0 aliphatic carbocycles. The number of nitrogens with zero attached hydrogens (tertiary/aromatic N) is 1. The van der Waals surface area contributed by atoms with Crippen LogP contribution in [0.5, 0.6) is 0 Å². The van der Waals surface area contributed by atoms with Gasteiger partial charge in [0, 0.05) is 24.4 Å². The number of benzene rings is 1. The summed E-state index contributed by atoms with van der Waals surface area (Å²) in [7, 11) is 2.00. The van der Waals surface area contributed by atoms with E-state index in [0.29, 0.717) is 6.04 Å². The lowest BCUT2D eigenvalue weighted by molar-refractivity contribution is 0.584. The van der Waals surface area contributed by atoms with E-state index < -0.39 is 0 Å². The highest BCUT2D eigenvalue weighted by molar-refractivity contribution is 5.32. The van der Waals surface area contributed by atoms with Crippen LogP contribution >= 0.6 is 0 Å². The molecule has 1 unspecified atom stereocenters. The molecule has 94 valence electrons. The molecule has 0 bridgehead atoms. The van der Waals surface area contributed by atoms with Crippen LogP contribution in [0, 0.1) is 13.8 Å². The molecular formula is C16H20N2. The summed E-state index contributed by atoms with van der Waals surface area (Å²) in [5.41, 5.74) is 5.13. The van der Waals surface area contributed by atoms with E-state index in [1.54, 1.807) is 0 Å². The zero-order chi connectivity index (χ0) is 13.0. The zero-order valence-electron chi connectivity index (χ0n) is 11.3. The first-order valence-corrected chi connectivity index (χ1v) is 6.35. The van der Waals surface area contributed by atoms with Crippen LogP contribution in [-0.2, 0) is 6.42 Å². The van der Waals surface area contributed by atoms with Gasteiger partial charge in [0.15, 0.2) is 0 Å². The van der Waals surface area contributed by atoms with Gasteiger partial charge in [0.05, 0.1) is 0 Å². The molecule has 0 saturated carbocycles. The normalized spacial score (nSPS) is 12.4. The van der Waals surface area contributed by atoms with E-state index in [2.05, 4.69) is 48.4 Å². The molecule has 0 saturated heterocycles. The van der Waals surface area contributed by atoms with E-state index in [4.69, 9.17) is 0 Å². The SMILES string of the molecule is CNC(Cc1ccccn1)c1ccc(C)c(C)c1. The predicted octanol–water partition coefficient (Wildman–Crippen LogP) is 3.20. The van der Waals surface area contributed by atoms with E-state index in [0.717, 1.165) is 12.1 Å². The topological polar surface area (TPSA) is 24.9 Å². The first kappa shape index (κ1) is 12.8. The average Bonchev–Trinajstić information content (AvgIpc) is 2.40. The molecule has 0 fully saturated rings. The Morgan fingerprint density at radius 1 is 1.11 bits per heavy atom. The van der Waals surface area contributed by atoms with Gasteiger partial charge in [-0.2, -0.15) is 0 Å². The molecule has 0 amide bonds. The van der Waals surface area contributed by atoms with Crippen molar-refractivity contribution in [3.05, 3.63) is 65.0 Å². The number of aromatic nitrogens is 1. The summed E-state index contributed by atoms with van der Waals surface area (Å²) < 4.78 is 0. The molecule has 1 aromatic heterocycles. The molecule has 1 atom stereocenters. The summed E-state index contributed by atoms with van der Waals surface area (Å²) in [5.74, 6) is 0. The number of hydrogen-bond acceptors (Lipinski definition) is 2. The van der Waals surface area contributed by atoms with Crippen LogP contribution in [0.15, 0.2) is 42.6 Å². The van der Waals surface area contributed by atoms with Crippen LogP contribution in [0.4, 0.5) is 0 Å². The molecule has 1 N–H and O–H groups in total. The molecule has 2 heteroatoms. The molecule has 2 rings (SSSR count). The Balaban J connectivity index is 2.20. The largest absolute Gasteiger partial charge is 0.313 e. The Morgan fingerprint density at radius 3 is 2.56 bits per heavy atom. The van der Waals surface area contributed by atoms with Gasteiger partial charge in [-0.05, 0) is 49.7 Å². The van der Waals surface area contributed by atoms with Gasteiger partial charge in [-0.25, -0.2) is 0 Å². The number of aryl methyl sites for hydroxylation is 2. The van der Waals surface area contributed by atoms with Crippen molar-refractivity contribution in [1.29, 1.82) is 0 Å². The minimum atomic E-state index is 0.319. The average molecular weight is 240 g/mol. The van der Waals surface area contributed by atoms with E-state index in [1.807, 2.05) is 25.4 Å². The predicted molar refractivity (Wildman–Crippen MR) is 75.7 cm³/mol. The van der Waals surface area contributed by atoms with Crippen LogP contribution in [0.1, 0.15) is 28.4 Å². The molecule has 0 radical (unpaired) electrons. The minimum Gasteiger partial charge on any atom is -0.313 e. The van der Waals surface area contributed by atoms with E-state index in [9.17, 15) is 0 Å². The maximum atomic E-state index is 4.39. The lowest BCUT2D eigenvalue weighted by Gasteiger charge is -2.17. The molecule has 0 aliphatic rings. The summed E-state index contributed by atoms with van der Waals surface area (Å²) in [6.07, 6.45) is 2.77. The van der Waals surface area contributed by atoms with Gasteiger partial charge < -0.3 is 5.32 Å². The van der Waals surface area contributed by atoms with Crippen LogP contribution in [0.25, 0.3) is 0 Å². The number of hydrogen-bond donors (Lipinski definition) is 1. The van der Waals surface area contributed by atoms with Gasteiger partial charge in [-0.1, -0.05) is 24.3 Å². The lowest BCUT2D eigenvalue weighted by atomic mass is 9.98. The van der Waals surface area contributed by atoms with Gasteiger partial charge in [0.1, 0.15) is 0 Å². The fourth-order valence-corrected chi connectivity index (χ4v) is 2.10. The Bertz CT molecular complexity index is 506. The maximum absolute atomic E-state index is 4.39. The molecule has 2 aromatic rings. The summed E-state index contributed by atoms with van der Waals surface area (Å²) >= 11 is 0. The second-order valence-electron chi connectivity index (χ2n) is 4.71. The third-order valence-electron chi connectivity index (χ3n) is 3.42. The lowest BCUT2D eigenvalue weighted by Crippen LogP contribution is -2.19. The first-order valence-electron chi connectivity index (χ1n) is 6.35. The molecule has 18 heavy (non-hydrogen) atoms. The van der Waals surface area contributed by atoms with Crippen molar-refractivity contribution >= 4 is 0 Å². The van der Waals surface area contributed by atoms with E-state index in [1.165, 1.54) is 16.7 Å². The van der Waals surface area contributed by atoms with Gasteiger partial charge in [0.2, 0.25) is 0 Å². The third kappa shape index (κ3) is 2.96. The van der Waals surface area contributed by atoms with Crippen molar-refractivity contribution < 1.29 is 0 Å². The Labute approximate surface area is 109 Å². The molecule has 1 aromatic carbocycles. The van der Waals surface area contributed by atoms with Crippen LogP contribution in [0.2, 0.25) is 0 Å². The number of nitrogens with one attached hydrogen (secondary N) is 1. The highest BCUT2D eigenvalue weighted by Crippen LogP contribution is 2.20. The quantitative estimate of drug-likeness (QED) is 0.887. The standard InChI is InChI=1S/C16H20N2/c1-12-7-8-14(10-13(12)2)16(17-3)11-15-6-4-5-9-18-15/h4-10,16-17H,11H2,1-3H3. The Kier molecular flexibility index (Phi) is 4.11. The monoisotopic (exact) mass is 240 g/mol. The smallest absolute Gasteiger partial charge is 0.0422 e. The van der Waals surface area contributed by atoms with E-state index >= 15 is 0 Å². The molecular weight excluding hydrogens is 220 g/mol. The Morgan fingerprint density at radius 2 is 1.94 bits per heavy atom. The number of rotatable bonds is 4. The molecule has 0 aliphatic heterocycles. The van der Waals surface area contributed by atoms with Crippen molar-refractivity contribution in [1.82, 2.24) is 10.3 Å². The minimum absolute atomic E-state index is 0.319. The second kappa shape index (κ2) is 5.78. The van der Waals surface area contributed by atoms with Crippen LogP contribution in [-0.4, -0.2) is 12.0 Å². The number of likely N-dealkylation sites (N-methyl/N-ethyl adjacent to an activating group) is 1. The van der Waals surface area contributed by atoms with Gasteiger partial charge in [0.25, 0.3) is 0 Å². The summed E-state index contributed by atoms with van der Waals surface area (Å²) in [6, 6.07) is 13.0. The van der Waals surface area contributed by atoms with Gasteiger partial charge >= 0.3 is 0 Å². The summed E-state index contributed by atoms with van der Waals surface area (Å²) in [6.45, 7) is 4.30. The first-order chi connectivity index (χ1) is 8.70. The highest BCUT2D eigenvalue weighted by Gasteiger charge is 2.11. The van der Waals surface area contributed by atoms with Gasteiger partial charge in [-0.15, -0.1) is 0 Å². The molecule has 1 heterocycles. The van der Waals surface area contributed by atoms with Crippen molar-refractivity contribution in [3.8, 4) is 0 Å². The molecule has 2 nitrogen and oxygen atoms in total. The van der Waals surface area contributed by atoms with Crippen molar-refractivity contribution in [3.63, 3.8) is 0 Å². The maximum Gasteiger partial charge on any atom is 0.0422 e. The van der Waals surface area contributed by atoms with Crippen molar-refractivity contribution in [2.45, 2.75) is 26.3 Å². The van der Waals surface area contributed by atoms with Crippen LogP contribution in [0.3, 0.4) is 0 Å². The fourth-order valence-electron chi connectivity index (χ4n) is 2.10. The van der Waals surface area contributed by atoms with Crippen molar-refractivity contribution in [2.24, 2.45) is 0 Å². The highest BCUT2D eigenvalue weighted by atomic mass is 14.9. The Hall–Kier alpha value is -1.67. The van der Waals surface area contributed by atoms with Gasteiger partial charge in [-0.3, -0.25) is 4.98 Å². The molecule has 0 spiro atoms. The second-order valence-corrected chi connectivity index (χ2v) is 4.71. The summed E-state index contributed by atoms with van der Waals surface area (Å²) in [5, 5.41) is 3.37.